The lowest BCUT2D eigenvalue weighted by Gasteiger charge is -2.33. The van der Waals surface area contributed by atoms with E-state index in [9.17, 15) is 22.4 Å². The van der Waals surface area contributed by atoms with Crippen molar-refractivity contribution in [1.29, 1.82) is 0 Å². The first kappa shape index (κ1) is 27.9. The number of halogens is 1. The van der Waals surface area contributed by atoms with Crippen molar-refractivity contribution in [2.75, 3.05) is 24.2 Å². The number of carbonyl (C=O) groups excluding carboxylic acids is 2. The summed E-state index contributed by atoms with van der Waals surface area (Å²) in [5.74, 6) is -1.37. The molecule has 0 aliphatic heterocycles. The van der Waals surface area contributed by atoms with Gasteiger partial charge in [0, 0.05) is 20.0 Å². The van der Waals surface area contributed by atoms with Crippen molar-refractivity contribution in [3.8, 4) is 0 Å². The van der Waals surface area contributed by atoms with Crippen molar-refractivity contribution in [2.24, 2.45) is 0 Å². The zero-order valence-electron chi connectivity index (χ0n) is 21.4. The number of aryl methyl sites for hydroxylation is 2. The van der Waals surface area contributed by atoms with E-state index in [4.69, 9.17) is 0 Å². The smallest absolute Gasteiger partial charge is 0.244 e. The fraction of sp³-hybridized carbons (Fsp3) is 0.286. The zero-order valence-corrected chi connectivity index (χ0v) is 22.3. The largest absolute Gasteiger partial charge is 0.357 e. The molecule has 1 unspecified atom stereocenters. The van der Waals surface area contributed by atoms with E-state index in [1.807, 2.05) is 43.3 Å². The molecule has 3 aromatic rings. The molecule has 9 heteroatoms. The SMILES string of the molecule is CNC(=O)C(Cc1ccccc1)N(Cc1ccc(F)cc1)C(=O)CN(c1ccc(C)cc1C)S(C)(=O)=O. The highest BCUT2D eigenvalue weighted by molar-refractivity contribution is 7.92. The van der Waals surface area contributed by atoms with Crippen molar-refractivity contribution >= 4 is 27.5 Å². The predicted octanol–water partition coefficient (Wildman–Crippen LogP) is 3.59. The summed E-state index contributed by atoms with van der Waals surface area (Å²) >= 11 is 0. The van der Waals surface area contributed by atoms with Gasteiger partial charge in [0.2, 0.25) is 21.8 Å². The van der Waals surface area contributed by atoms with Crippen LogP contribution in [0.25, 0.3) is 0 Å². The molecule has 0 heterocycles. The van der Waals surface area contributed by atoms with E-state index in [2.05, 4.69) is 5.32 Å². The fourth-order valence-electron chi connectivity index (χ4n) is 4.19. The Kier molecular flexibility index (Phi) is 9.04. The van der Waals surface area contributed by atoms with E-state index in [1.54, 1.807) is 19.1 Å². The van der Waals surface area contributed by atoms with Crippen LogP contribution in [0.2, 0.25) is 0 Å². The number of sulfonamides is 1. The second-order valence-electron chi connectivity index (χ2n) is 9.03. The summed E-state index contributed by atoms with van der Waals surface area (Å²) in [6.07, 6.45) is 1.26. The van der Waals surface area contributed by atoms with E-state index in [0.29, 0.717) is 16.8 Å². The van der Waals surface area contributed by atoms with Crippen LogP contribution < -0.4 is 9.62 Å². The molecule has 3 rings (SSSR count). The van der Waals surface area contributed by atoms with Gasteiger partial charge in [-0.15, -0.1) is 0 Å². The molecule has 0 aromatic heterocycles. The van der Waals surface area contributed by atoms with Crippen LogP contribution in [0.1, 0.15) is 22.3 Å². The van der Waals surface area contributed by atoms with Gasteiger partial charge in [0.1, 0.15) is 18.4 Å². The normalized spacial score (nSPS) is 12.0. The third-order valence-corrected chi connectivity index (χ3v) is 7.21. The number of nitrogens with one attached hydrogen (secondary N) is 1. The van der Waals surface area contributed by atoms with Gasteiger partial charge in [-0.3, -0.25) is 13.9 Å². The maximum atomic E-state index is 13.8. The first-order chi connectivity index (χ1) is 17.5. The quantitative estimate of drug-likeness (QED) is 0.438. The lowest BCUT2D eigenvalue weighted by Crippen LogP contribution is -2.53. The van der Waals surface area contributed by atoms with E-state index < -0.39 is 40.2 Å². The average Bonchev–Trinajstić information content (AvgIpc) is 2.85. The predicted molar refractivity (Wildman–Crippen MR) is 143 cm³/mol. The van der Waals surface area contributed by atoms with E-state index in [0.717, 1.165) is 21.7 Å². The molecule has 0 aliphatic rings. The Hall–Kier alpha value is -3.72. The first-order valence-electron chi connectivity index (χ1n) is 11.8. The van der Waals surface area contributed by atoms with Crippen LogP contribution in [-0.2, 0) is 32.6 Å². The molecule has 3 aromatic carbocycles. The fourth-order valence-corrected chi connectivity index (χ4v) is 5.09. The number of rotatable bonds is 10. The number of likely N-dealkylation sites (N-methyl/N-ethyl adjacent to an activating group) is 1. The molecule has 2 amide bonds. The molecule has 1 N–H and O–H groups in total. The van der Waals surface area contributed by atoms with Gasteiger partial charge in [-0.05, 0) is 48.7 Å². The topological polar surface area (TPSA) is 86.8 Å². The number of hydrogen-bond acceptors (Lipinski definition) is 4. The highest BCUT2D eigenvalue weighted by Gasteiger charge is 2.32. The number of amides is 2. The second kappa shape index (κ2) is 12.0. The summed E-state index contributed by atoms with van der Waals surface area (Å²) in [6, 6.07) is 19.3. The summed E-state index contributed by atoms with van der Waals surface area (Å²) < 4.78 is 40.2. The van der Waals surface area contributed by atoms with Crippen LogP contribution in [-0.4, -0.2) is 51.0 Å². The molecule has 7 nitrogen and oxygen atoms in total. The van der Waals surface area contributed by atoms with Crippen LogP contribution in [0.4, 0.5) is 10.1 Å². The summed E-state index contributed by atoms with van der Waals surface area (Å²) in [4.78, 5) is 28.3. The molecule has 0 aliphatic carbocycles. The number of carbonyl (C=O) groups is 2. The van der Waals surface area contributed by atoms with E-state index in [-0.39, 0.29) is 13.0 Å². The molecule has 1 atom stereocenters. The molecular formula is C28H32FN3O4S. The van der Waals surface area contributed by atoms with Gasteiger partial charge in [-0.25, -0.2) is 12.8 Å². The molecule has 0 saturated carbocycles. The summed E-state index contributed by atoms with van der Waals surface area (Å²) in [5, 5.41) is 2.62. The Morgan fingerprint density at radius 1 is 0.946 bits per heavy atom. The molecule has 0 spiro atoms. The van der Waals surface area contributed by atoms with Gasteiger partial charge < -0.3 is 10.2 Å². The van der Waals surface area contributed by atoms with Crippen LogP contribution in [0.15, 0.2) is 72.8 Å². The van der Waals surface area contributed by atoms with Crippen molar-refractivity contribution < 1.29 is 22.4 Å². The minimum atomic E-state index is -3.84. The molecule has 37 heavy (non-hydrogen) atoms. The molecule has 0 fully saturated rings. The van der Waals surface area contributed by atoms with Gasteiger partial charge in [0.25, 0.3) is 0 Å². The van der Waals surface area contributed by atoms with Gasteiger partial charge in [0.15, 0.2) is 0 Å². The van der Waals surface area contributed by atoms with Gasteiger partial charge in [0.05, 0.1) is 11.9 Å². The molecule has 0 saturated heterocycles. The van der Waals surface area contributed by atoms with Gasteiger partial charge in [-0.2, -0.15) is 0 Å². The van der Waals surface area contributed by atoms with Crippen molar-refractivity contribution in [3.05, 3.63) is 101 Å². The number of benzene rings is 3. The standard InChI is InChI=1S/C28H32FN3O4S/c1-20-10-15-25(21(2)16-20)32(37(4,35)36)19-27(33)31(18-23-11-13-24(29)14-12-23)26(28(34)30-3)17-22-8-6-5-7-9-22/h5-16,26H,17-19H2,1-4H3,(H,30,34). The highest BCUT2D eigenvalue weighted by atomic mass is 32.2. The Morgan fingerprint density at radius 3 is 2.16 bits per heavy atom. The highest BCUT2D eigenvalue weighted by Crippen LogP contribution is 2.24. The monoisotopic (exact) mass is 525 g/mol. The Balaban J connectivity index is 2.04. The maximum absolute atomic E-state index is 13.8. The third kappa shape index (κ3) is 7.39. The number of nitrogens with zero attached hydrogens (tertiary/aromatic N) is 2. The molecule has 0 bridgehead atoms. The first-order valence-corrected chi connectivity index (χ1v) is 13.7. The van der Waals surface area contributed by atoms with E-state index >= 15 is 0 Å². The van der Waals surface area contributed by atoms with Gasteiger partial charge >= 0.3 is 0 Å². The average molecular weight is 526 g/mol. The maximum Gasteiger partial charge on any atom is 0.244 e. The molecular weight excluding hydrogens is 493 g/mol. The number of anilines is 1. The Labute approximate surface area is 218 Å². The van der Waals surface area contributed by atoms with Crippen LogP contribution >= 0.6 is 0 Å². The van der Waals surface area contributed by atoms with Gasteiger partial charge in [-0.1, -0.05) is 60.2 Å². The lowest BCUT2D eigenvalue weighted by atomic mass is 10.0. The van der Waals surface area contributed by atoms with Crippen LogP contribution in [0, 0.1) is 19.7 Å². The molecule has 196 valence electrons. The summed E-state index contributed by atoms with van der Waals surface area (Å²) in [7, 11) is -2.35. The van der Waals surface area contributed by atoms with E-state index in [1.165, 1.54) is 36.2 Å². The Bertz CT molecular complexity index is 1350. The van der Waals surface area contributed by atoms with Crippen molar-refractivity contribution in [3.63, 3.8) is 0 Å². The Morgan fingerprint density at radius 2 is 1.59 bits per heavy atom. The molecule has 0 radical (unpaired) electrons. The minimum Gasteiger partial charge on any atom is -0.357 e. The number of hydrogen-bond donors (Lipinski definition) is 1. The minimum absolute atomic E-state index is 0.00544. The third-order valence-electron chi connectivity index (χ3n) is 6.08. The van der Waals surface area contributed by atoms with Crippen molar-refractivity contribution in [2.45, 2.75) is 32.9 Å². The lowest BCUT2D eigenvalue weighted by molar-refractivity contribution is -0.139. The van der Waals surface area contributed by atoms with Crippen molar-refractivity contribution in [1.82, 2.24) is 10.2 Å². The zero-order chi connectivity index (χ0) is 27.2. The summed E-state index contributed by atoms with van der Waals surface area (Å²) in [6.45, 7) is 3.18. The van der Waals surface area contributed by atoms with Crippen LogP contribution in [0.3, 0.4) is 0 Å². The van der Waals surface area contributed by atoms with Crippen LogP contribution in [0.5, 0.6) is 0 Å². The summed E-state index contributed by atoms with van der Waals surface area (Å²) in [5.41, 5.74) is 3.50. The second-order valence-corrected chi connectivity index (χ2v) is 10.9.